The van der Waals surface area contributed by atoms with E-state index in [0.29, 0.717) is 5.69 Å². The van der Waals surface area contributed by atoms with Crippen molar-refractivity contribution in [3.8, 4) is 0 Å². The molecule has 0 saturated heterocycles. The highest BCUT2D eigenvalue weighted by Crippen LogP contribution is 2.14. The number of carbonyl (C=O) groups excluding carboxylic acids is 2. The van der Waals surface area contributed by atoms with E-state index in [0.717, 1.165) is 7.11 Å². The molecular weight excluding hydrogens is 300 g/mol. The fraction of sp³-hybridized carbons (Fsp3) is 0.333. The third kappa shape index (κ3) is 4.81. The maximum Gasteiger partial charge on any atom is 0.336 e. The molecule has 0 fully saturated rings. The number of ketones is 1. The number of methoxy groups -OCH3 is 2. The van der Waals surface area contributed by atoms with Crippen molar-refractivity contribution < 1.29 is 27.5 Å². The molecule has 116 valence electrons. The molecule has 1 atom stereocenters. The van der Waals surface area contributed by atoms with Crippen molar-refractivity contribution in [3.05, 3.63) is 24.3 Å². The van der Waals surface area contributed by atoms with Crippen LogP contribution in [-0.4, -0.2) is 47.0 Å². The van der Waals surface area contributed by atoms with Crippen LogP contribution in [0.4, 0.5) is 5.69 Å². The Hall–Kier alpha value is -1.97. The Morgan fingerprint density at radius 3 is 2.24 bits per heavy atom. The Labute approximate surface area is 122 Å². The van der Waals surface area contributed by atoms with Gasteiger partial charge in [-0.25, -0.2) is 18.4 Å². The van der Waals surface area contributed by atoms with Gasteiger partial charge in [0, 0.05) is 12.8 Å². The van der Waals surface area contributed by atoms with Crippen molar-refractivity contribution in [3.63, 3.8) is 0 Å². The SMILES string of the molecule is COCC(=O)C(Nc1ccc(S(N)(=O)=O)cc1)C(=O)OC. The normalized spacial score (nSPS) is 12.5. The third-order valence-electron chi connectivity index (χ3n) is 2.54. The average molecular weight is 316 g/mol. The number of sulfonamides is 1. The zero-order chi connectivity index (χ0) is 16.0. The summed E-state index contributed by atoms with van der Waals surface area (Å²) in [5, 5.41) is 7.63. The van der Waals surface area contributed by atoms with Gasteiger partial charge in [-0.2, -0.15) is 0 Å². The molecule has 0 aliphatic heterocycles. The number of esters is 1. The second kappa shape index (κ2) is 7.16. The molecule has 0 spiro atoms. The van der Waals surface area contributed by atoms with Gasteiger partial charge in [0.2, 0.25) is 10.0 Å². The predicted molar refractivity (Wildman–Crippen MR) is 74.1 cm³/mol. The number of Topliss-reactive ketones (excluding diaryl/α,β-unsaturated/α-hetero) is 1. The number of ether oxygens (including phenoxy) is 2. The number of carbonyl (C=O) groups is 2. The molecule has 0 heterocycles. The van der Waals surface area contributed by atoms with Crippen LogP contribution in [0.3, 0.4) is 0 Å². The summed E-state index contributed by atoms with van der Waals surface area (Å²) < 4.78 is 31.5. The molecule has 0 aliphatic rings. The first kappa shape index (κ1) is 17.1. The summed E-state index contributed by atoms with van der Waals surface area (Å²) in [6.45, 7) is -0.262. The van der Waals surface area contributed by atoms with Gasteiger partial charge >= 0.3 is 5.97 Å². The molecule has 0 bridgehead atoms. The van der Waals surface area contributed by atoms with E-state index < -0.39 is 27.8 Å². The summed E-state index contributed by atoms with van der Waals surface area (Å²) in [4.78, 5) is 23.3. The van der Waals surface area contributed by atoms with Crippen LogP contribution in [0.15, 0.2) is 29.2 Å². The number of primary sulfonamides is 1. The molecular formula is C12H16N2O6S. The Bertz CT molecular complexity index is 611. The maximum atomic E-state index is 11.8. The second-order valence-electron chi connectivity index (χ2n) is 4.07. The minimum absolute atomic E-state index is 0.0779. The van der Waals surface area contributed by atoms with Gasteiger partial charge in [-0.15, -0.1) is 0 Å². The molecule has 1 unspecified atom stereocenters. The molecule has 0 radical (unpaired) electrons. The highest BCUT2D eigenvalue weighted by molar-refractivity contribution is 7.89. The van der Waals surface area contributed by atoms with Crippen LogP contribution in [0.2, 0.25) is 0 Å². The van der Waals surface area contributed by atoms with E-state index in [1.54, 1.807) is 0 Å². The molecule has 3 N–H and O–H groups in total. The summed E-state index contributed by atoms with van der Waals surface area (Å²) in [7, 11) is -1.32. The number of nitrogens with two attached hydrogens (primary N) is 1. The molecule has 0 aromatic heterocycles. The molecule has 0 aliphatic carbocycles. The highest BCUT2D eigenvalue weighted by atomic mass is 32.2. The lowest BCUT2D eigenvalue weighted by Gasteiger charge is -2.16. The second-order valence-corrected chi connectivity index (χ2v) is 5.63. The number of nitrogens with one attached hydrogen (secondary N) is 1. The minimum Gasteiger partial charge on any atom is -0.467 e. The minimum atomic E-state index is -3.80. The number of hydrogen-bond acceptors (Lipinski definition) is 7. The average Bonchev–Trinajstić information content (AvgIpc) is 2.43. The Morgan fingerprint density at radius 2 is 1.81 bits per heavy atom. The smallest absolute Gasteiger partial charge is 0.336 e. The van der Waals surface area contributed by atoms with E-state index in [1.807, 2.05) is 0 Å². The van der Waals surface area contributed by atoms with Crippen LogP contribution in [0.5, 0.6) is 0 Å². The molecule has 1 aromatic rings. The van der Waals surface area contributed by atoms with E-state index in [2.05, 4.69) is 14.8 Å². The first-order valence-corrected chi connectivity index (χ1v) is 7.33. The van der Waals surface area contributed by atoms with Gasteiger partial charge in [-0.05, 0) is 24.3 Å². The van der Waals surface area contributed by atoms with Crippen LogP contribution in [0.25, 0.3) is 0 Å². The van der Waals surface area contributed by atoms with Gasteiger partial charge in [-0.1, -0.05) is 0 Å². The van der Waals surface area contributed by atoms with Crippen LogP contribution in [0, 0.1) is 0 Å². The van der Waals surface area contributed by atoms with E-state index in [-0.39, 0.29) is 11.5 Å². The maximum absolute atomic E-state index is 11.8. The van der Waals surface area contributed by atoms with Gasteiger partial charge in [0.25, 0.3) is 0 Å². The van der Waals surface area contributed by atoms with Gasteiger partial charge in [0.1, 0.15) is 6.61 Å². The third-order valence-corrected chi connectivity index (χ3v) is 3.47. The number of benzene rings is 1. The molecule has 8 nitrogen and oxygen atoms in total. The summed E-state index contributed by atoms with van der Waals surface area (Å²) in [5.41, 5.74) is 0.363. The largest absolute Gasteiger partial charge is 0.467 e. The number of rotatable bonds is 7. The lowest BCUT2D eigenvalue weighted by molar-refractivity contribution is -0.145. The van der Waals surface area contributed by atoms with Crippen molar-refractivity contribution >= 4 is 27.5 Å². The predicted octanol–water partition coefficient (Wildman–Crippen LogP) is -0.497. The van der Waals surface area contributed by atoms with Crippen LogP contribution < -0.4 is 10.5 Å². The van der Waals surface area contributed by atoms with Gasteiger partial charge in [-0.3, -0.25) is 4.79 Å². The fourth-order valence-corrected chi connectivity index (χ4v) is 2.04. The zero-order valence-electron chi connectivity index (χ0n) is 11.5. The number of hydrogen-bond donors (Lipinski definition) is 2. The van der Waals surface area contributed by atoms with Crippen molar-refractivity contribution in [2.75, 3.05) is 26.1 Å². The molecule has 1 aromatic carbocycles. The van der Waals surface area contributed by atoms with Gasteiger partial charge in [0.05, 0.1) is 12.0 Å². The fourth-order valence-electron chi connectivity index (χ4n) is 1.52. The quantitative estimate of drug-likeness (QED) is 0.513. The lowest BCUT2D eigenvalue weighted by atomic mass is 10.2. The van der Waals surface area contributed by atoms with Crippen LogP contribution >= 0.6 is 0 Å². The van der Waals surface area contributed by atoms with Gasteiger partial charge < -0.3 is 14.8 Å². The van der Waals surface area contributed by atoms with E-state index in [1.165, 1.54) is 31.4 Å². The molecule has 0 amide bonds. The Morgan fingerprint density at radius 1 is 1.24 bits per heavy atom. The Kier molecular flexibility index (Phi) is 5.82. The first-order valence-electron chi connectivity index (χ1n) is 5.78. The lowest BCUT2D eigenvalue weighted by Crippen LogP contribution is -2.40. The standard InChI is InChI=1S/C12H16N2O6S/c1-19-7-10(15)11(12(16)20-2)14-8-3-5-9(6-4-8)21(13,17)18/h3-6,11,14H,7H2,1-2H3,(H2,13,17,18). The van der Waals surface area contributed by atoms with Crippen molar-refractivity contribution in [2.45, 2.75) is 10.9 Å². The molecule has 1 rings (SSSR count). The highest BCUT2D eigenvalue weighted by Gasteiger charge is 2.27. The zero-order valence-corrected chi connectivity index (χ0v) is 12.3. The molecule has 0 saturated carbocycles. The summed E-state index contributed by atoms with van der Waals surface area (Å²) >= 11 is 0. The summed E-state index contributed by atoms with van der Waals surface area (Å²) in [5.74, 6) is -1.28. The monoisotopic (exact) mass is 316 g/mol. The van der Waals surface area contributed by atoms with E-state index >= 15 is 0 Å². The van der Waals surface area contributed by atoms with E-state index in [4.69, 9.17) is 5.14 Å². The van der Waals surface area contributed by atoms with Gasteiger partial charge in [0.15, 0.2) is 11.8 Å². The summed E-state index contributed by atoms with van der Waals surface area (Å²) in [6, 6.07) is 4.04. The van der Waals surface area contributed by atoms with Crippen molar-refractivity contribution in [1.29, 1.82) is 0 Å². The van der Waals surface area contributed by atoms with Crippen LogP contribution in [-0.2, 0) is 29.1 Å². The van der Waals surface area contributed by atoms with Crippen molar-refractivity contribution in [2.24, 2.45) is 5.14 Å². The topological polar surface area (TPSA) is 125 Å². The Balaban J connectivity index is 2.94. The van der Waals surface area contributed by atoms with Crippen molar-refractivity contribution in [1.82, 2.24) is 0 Å². The first-order chi connectivity index (χ1) is 9.79. The summed E-state index contributed by atoms with van der Waals surface area (Å²) in [6.07, 6.45) is 0. The van der Waals surface area contributed by atoms with Crippen LogP contribution in [0.1, 0.15) is 0 Å². The number of anilines is 1. The molecule has 9 heteroatoms. The molecule has 21 heavy (non-hydrogen) atoms. The van der Waals surface area contributed by atoms with E-state index in [9.17, 15) is 18.0 Å².